The van der Waals surface area contributed by atoms with Crippen LogP contribution < -0.4 is 0 Å². The van der Waals surface area contributed by atoms with Crippen molar-refractivity contribution in [3.63, 3.8) is 0 Å². The van der Waals surface area contributed by atoms with Crippen molar-refractivity contribution in [2.75, 3.05) is 13.2 Å². The van der Waals surface area contributed by atoms with Gasteiger partial charge in [-0.2, -0.15) is 0 Å². The molecule has 1 aliphatic carbocycles. The van der Waals surface area contributed by atoms with E-state index in [1.54, 1.807) is 0 Å². The Balaban J connectivity index is 2.02. The molecule has 0 radical (unpaired) electrons. The van der Waals surface area contributed by atoms with Crippen LogP contribution in [0.5, 0.6) is 0 Å². The Morgan fingerprint density at radius 3 is 2.73 bits per heavy atom. The van der Waals surface area contributed by atoms with E-state index in [4.69, 9.17) is 0 Å². The van der Waals surface area contributed by atoms with E-state index in [-0.39, 0.29) is 11.8 Å². The first-order chi connectivity index (χ1) is 5.29. The Morgan fingerprint density at radius 2 is 2.27 bits per heavy atom. The number of hydrogen-bond donors (Lipinski definition) is 0. The number of imide groups is 1. The summed E-state index contributed by atoms with van der Waals surface area (Å²) in [6.07, 6.45) is 1.40. The van der Waals surface area contributed by atoms with E-state index in [0.29, 0.717) is 13.2 Å². The maximum absolute atomic E-state index is 11.2. The van der Waals surface area contributed by atoms with Gasteiger partial charge in [-0.25, -0.2) is 9.69 Å². The molecule has 0 atom stereocenters. The van der Waals surface area contributed by atoms with Gasteiger partial charge in [-0.1, -0.05) is 0 Å². The number of ether oxygens (including phenoxy) is 1. The molecule has 2 rings (SSSR count). The lowest BCUT2D eigenvalue weighted by Gasteiger charge is -2.08. The predicted molar refractivity (Wildman–Crippen MR) is 35.8 cm³/mol. The number of hydrogen-bond acceptors (Lipinski definition) is 3. The molecule has 0 aromatic heterocycles. The fourth-order valence-corrected chi connectivity index (χ4v) is 1.14. The molecule has 0 aromatic rings. The van der Waals surface area contributed by atoms with E-state index in [1.807, 2.05) is 0 Å². The standard InChI is InChI=1S/C7H9NO3/c9-6(5-1-2-5)8-3-4-11-7(8)10/h5H,1-4H2. The molecule has 1 saturated heterocycles. The lowest BCUT2D eigenvalue weighted by molar-refractivity contribution is -0.129. The van der Waals surface area contributed by atoms with Crippen LogP contribution >= 0.6 is 0 Å². The van der Waals surface area contributed by atoms with Gasteiger partial charge < -0.3 is 4.74 Å². The zero-order chi connectivity index (χ0) is 7.84. The van der Waals surface area contributed by atoms with E-state index in [1.165, 1.54) is 4.90 Å². The molecule has 1 aliphatic heterocycles. The monoisotopic (exact) mass is 155 g/mol. The highest BCUT2D eigenvalue weighted by Crippen LogP contribution is 2.31. The minimum absolute atomic E-state index is 0.0486. The lowest BCUT2D eigenvalue weighted by atomic mass is 10.3. The molecule has 2 aliphatic rings. The summed E-state index contributed by atoms with van der Waals surface area (Å²) in [7, 11) is 0. The summed E-state index contributed by atoms with van der Waals surface area (Å²) in [6, 6.07) is 0. The van der Waals surface area contributed by atoms with Crippen LogP contribution in [0, 0.1) is 5.92 Å². The third kappa shape index (κ3) is 1.08. The van der Waals surface area contributed by atoms with Crippen LogP contribution in [0.3, 0.4) is 0 Å². The molecule has 2 fully saturated rings. The molecule has 0 aromatic carbocycles. The number of amides is 2. The minimum Gasteiger partial charge on any atom is -0.447 e. The SMILES string of the molecule is O=C1OCCN1C(=O)C1CC1. The van der Waals surface area contributed by atoms with Crippen molar-refractivity contribution in [2.24, 2.45) is 5.92 Å². The average Bonchev–Trinajstić information content (AvgIpc) is 2.74. The first-order valence-corrected chi connectivity index (χ1v) is 3.77. The number of rotatable bonds is 1. The normalized spacial score (nSPS) is 23.6. The van der Waals surface area contributed by atoms with E-state index in [0.717, 1.165) is 12.8 Å². The number of carbonyl (C=O) groups is 2. The molecule has 11 heavy (non-hydrogen) atoms. The van der Waals surface area contributed by atoms with Gasteiger partial charge in [-0.05, 0) is 12.8 Å². The molecule has 4 heteroatoms. The maximum Gasteiger partial charge on any atom is 0.416 e. The quantitative estimate of drug-likeness (QED) is 0.549. The average molecular weight is 155 g/mol. The Kier molecular flexibility index (Phi) is 1.34. The van der Waals surface area contributed by atoms with Crippen LogP contribution in [0.15, 0.2) is 0 Å². The first-order valence-electron chi connectivity index (χ1n) is 3.77. The summed E-state index contributed by atoms with van der Waals surface area (Å²) in [5.41, 5.74) is 0. The van der Waals surface area contributed by atoms with Gasteiger partial charge in [-0.3, -0.25) is 4.79 Å². The molecule has 1 heterocycles. The molecule has 4 nitrogen and oxygen atoms in total. The molecule has 0 unspecified atom stereocenters. The van der Waals surface area contributed by atoms with Crippen molar-refractivity contribution < 1.29 is 14.3 Å². The summed E-state index contributed by atoms with van der Waals surface area (Å²) in [6.45, 7) is 0.797. The summed E-state index contributed by atoms with van der Waals surface area (Å²) in [5.74, 6) is 0.0631. The summed E-state index contributed by atoms with van der Waals surface area (Å²) >= 11 is 0. The highest BCUT2D eigenvalue weighted by atomic mass is 16.6. The van der Waals surface area contributed by atoms with Gasteiger partial charge in [0, 0.05) is 5.92 Å². The fourth-order valence-electron chi connectivity index (χ4n) is 1.14. The molecule has 0 bridgehead atoms. The summed E-state index contributed by atoms with van der Waals surface area (Å²) in [5, 5.41) is 0. The van der Waals surface area contributed by atoms with Crippen molar-refractivity contribution in [3.8, 4) is 0 Å². The lowest BCUT2D eigenvalue weighted by Crippen LogP contribution is -2.32. The fraction of sp³-hybridized carbons (Fsp3) is 0.714. The van der Waals surface area contributed by atoms with E-state index in [2.05, 4.69) is 4.74 Å². The zero-order valence-corrected chi connectivity index (χ0v) is 6.08. The Hall–Kier alpha value is -1.06. The molecular weight excluding hydrogens is 146 g/mol. The largest absolute Gasteiger partial charge is 0.447 e. The molecule has 0 spiro atoms. The molecular formula is C7H9NO3. The van der Waals surface area contributed by atoms with Crippen LogP contribution in [-0.4, -0.2) is 30.1 Å². The smallest absolute Gasteiger partial charge is 0.416 e. The molecule has 0 N–H and O–H groups in total. The van der Waals surface area contributed by atoms with Gasteiger partial charge in [0.25, 0.3) is 0 Å². The van der Waals surface area contributed by atoms with Gasteiger partial charge in [0.05, 0.1) is 6.54 Å². The Bertz CT molecular complexity index is 210. The minimum atomic E-state index is -0.470. The third-order valence-corrected chi connectivity index (χ3v) is 1.95. The van der Waals surface area contributed by atoms with Gasteiger partial charge >= 0.3 is 6.09 Å². The Morgan fingerprint density at radius 1 is 1.55 bits per heavy atom. The Labute approximate surface area is 64.1 Å². The van der Waals surface area contributed by atoms with E-state index >= 15 is 0 Å². The van der Waals surface area contributed by atoms with Crippen LogP contribution in [0.4, 0.5) is 4.79 Å². The maximum atomic E-state index is 11.2. The van der Waals surface area contributed by atoms with Gasteiger partial charge in [0.1, 0.15) is 6.61 Å². The second-order valence-electron chi connectivity index (χ2n) is 2.88. The van der Waals surface area contributed by atoms with E-state index < -0.39 is 6.09 Å². The molecule has 60 valence electrons. The number of carbonyl (C=O) groups excluding carboxylic acids is 2. The highest BCUT2D eigenvalue weighted by Gasteiger charge is 2.38. The number of nitrogens with zero attached hydrogens (tertiary/aromatic N) is 1. The second-order valence-corrected chi connectivity index (χ2v) is 2.88. The van der Waals surface area contributed by atoms with Crippen molar-refractivity contribution in [1.82, 2.24) is 4.90 Å². The van der Waals surface area contributed by atoms with Crippen LogP contribution in [-0.2, 0) is 9.53 Å². The van der Waals surface area contributed by atoms with Crippen LogP contribution in [0.1, 0.15) is 12.8 Å². The first kappa shape index (κ1) is 6.64. The van der Waals surface area contributed by atoms with Crippen molar-refractivity contribution in [2.45, 2.75) is 12.8 Å². The van der Waals surface area contributed by atoms with E-state index in [9.17, 15) is 9.59 Å². The van der Waals surface area contributed by atoms with Crippen molar-refractivity contribution in [3.05, 3.63) is 0 Å². The zero-order valence-electron chi connectivity index (χ0n) is 6.08. The third-order valence-electron chi connectivity index (χ3n) is 1.95. The van der Waals surface area contributed by atoms with Gasteiger partial charge in [0.2, 0.25) is 5.91 Å². The van der Waals surface area contributed by atoms with Crippen molar-refractivity contribution in [1.29, 1.82) is 0 Å². The molecule has 1 saturated carbocycles. The van der Waals surface area contributed by atoms with Gasteiger partial charge in [0.15, 0.2) is 0 Å². The van der Waals surface area contributed by atoms with Crippen LogP contribution in [0.2, 0.25) is 0 Å². The summed E-state index contributed by atoms with van der Waals surface area (Å²) < 4.78 is 4.63. The molecule has 2 amide bonds. The highest BCUT2D eigenvalue weighted by molar-refractivity contribution is 5.95. The van der Waals surface area contributed by atoms with Crippen LogP contribution in [0.25, 0.3) is 0 Å². The number of cyclic esters (lactones) is 1. The predicted octanol–water partition coefficient (Wildman–Crippen LogP) is 0.375. The second kappa shape index (κ2) is 2.22. The van der Waals surface area contributed by atoms with Crippen molar-refractivity contribution >= 4 is 12.0 Å². The topological polar surface area (TPSA) is 46.6 Å². The van der Waals surface area contributed by atoms with Gasteiger partial charge in [-0.15, -0.1) is 0 Å². The summed E-state index contributed by atoms with van der Waals surface area (Å²) in [4.78, 5) is 23.3.